The van der Waals surface area contributed by atoms with Crippen LogP contribution in [0.5, 0.6) is 0 Å². The van der Waals surface area contributed by atoms with Gasteiger partial charge in [0.1, 0.15) is 6.61 Å². The number of thioether (sulfide) groups is 1. The number of hydrogen-bond donors (Lipinski definition) is 0. The zero-order valence-corrected chi connectivity index (χ0v) is 20.9. The molecule has 0 aliphatic rings. The van der Waals surface area contributed by atoms with E-state index in [2.05, 4.69) is 9.97 Å². The van der Waals surface area contributed by atoms with Crippen LogP contribution in [0.3, 0.4) is 0 Å². The van der Waals surface area contributed by atoms with E-state index in [1.165, 1.54) is 36.2 Å². The number of amides is 1. The first-order valence-electron chi connectivity index (χ1n) is 10.6. The van der Waals surface area contributed by atoms with Gasteiger partial charge in [-0.1, -0.05) is 47.7 Å². The third kappa shape index (κ3) is 4.90. The Hall–Kier alpha value is -3.43. The highest BCUT2D eigenvalue weighted by atomic mass is 32.2. The predicted octanol–water partition coefficient (Wildman–Crippen LogP) is 5.71. The molecule has 2 aromatic heterocycles. The molecule has 0 radical (unpaired) electrons. The van der Waals surface area contributed by atoms with Gasteiger partial charge in [0.25, 0.3) is 0 Å². The van der Waals surface area contributed by atoms with Gasteiger partial charge in [0.2, 0.25) is 5.91 Å². The summed E-state index contributed by atoms with van der Waals surface area (Å²) in [4.78, 5) is 35.8. The molecule has 0 saturated carbocycles. The minimum absolute atomic E-state index is 0.0114. The molecule has 7 nitrogen and oxygen atoms in total. The van der Waals surface area contributed by atoms with Crippen LogP contribution in [0, 0.1) is 13.8 Å². The van der Waals surface area contributed by atoms with Crippen LogP contribution in [0.2, 0.25) is 0 Å². The molecule has 2 aromatic carbocycles. The molecule has 9 heteroatoms. The number of benzene rings is 2. The lowest BCUT2D eigenvalue weighted by Crippen LogP contribution is -2.23. The third-order valence-corrected chi connectivity index (χ3v) is 6.65. The molecule has 0 aliphatic carbocycles. The Balaban J connectivity index is 1.53. The fourth-order valence-electron chi connectivity index (χ4n) is 3.59. The Morgan fingerprint density at radius 1 is 1.15 bits per heavy atom. The average molecular weight is 493 g/mol. The largest absolute Gasteiger partial charge is 0.454 e. The summed E-state index contributed by atoms with van der Waals surface area (Å²) in [6.07, 6.45) is 3.43. The van der Waals surface area contributed by atoms with Crippen molar-refractivity contribution in [3.63, 3.8) is 0 Å². The molecular formula is C25H24N4O3S2. The number of carbonyl (C=O) groups is 2. The van der Waals surface area contributed by atoms with E-state index >= 15 is 0 Å². The van der Waals surface area contributed by atoms with E-state index in [9.17, 15) is 9.59 Å². The van der Waals surface area contributed by atoms with Gasteiger partial charge in [-0.15, -0.1) is 11.3 Å². The van der Waals surface area contributed by atoms with Crippen molar-refractivity contribution in [1.82, 2.24) is 14.5 Å². The first kappa shape index (κ1) is 23.7. The van der Waals surface area contributed by atoms with E-state index in [0.717, 1.165) is 22.5 Å². The molecule has 1 amide bonds. The number of thiazole rings is 1. The molecule has 0 N–H and O–H groups in total. The predicted molar refractivity (Wildman–Crippen MR) is 135 cm³/mol. The molecule has 0 spiro atoms. The highest BCUT2D eigenvalue weighted by Gasteiger charge is 2.22. The maximum Gasteiger partial charge on any atom is 0.357 e. The van der Waals surface area contributed by atoms with Crippen LogP contribution >= 0.6 is 23.1 Å². The molecule has 4 aromatic rings. The van der Waals surface area contributed by atoms with Crippen molar-refractivity contribution < 1.29 is 14.3 Å². The number of hydrogen-bond acceptors (Lipinski definition) is 7. The van der Waals surface area contributed by atoms with Crippen LogP contribution in [0.1, 0.15) is 34.2 Å². The minimum Gasteiger partial charge on any atom is -0.454 e. The van der Waals surface area contributed by atoms with E-state index in [1.54, 1.807) is 14.8 Å². The Bertz CT molecular complexity index is 1330. The molecular weight excluding hydrogens is 468 g/mol. The molecule has 4 rings (SSSR count). The van der Waals surface area contributed by atoms with Crippen molar-refractivity contribution in [3.8, 4) is 5.69 Å². The summed E-state index contributed by atoms with van der Waals surface area (Å²) < 4.78 is 7.34. The lowest BCUT2D eigenvalue weighted by molar-refractivity contribution is -0.115. The van der Waals surface area contributed by atoms with Crippen molar-refractivity contribution in [3.05, 3.63) is 82.6 Å². The second-order valence-corrected chi connectivity index (χ2v) is 9.25. The maximum atomic E-state index is 12.9. The van der Waals surface area contributed by atoms with Crippen LogP contribution in [0.25, 0.3) is 5.69 Å². The normalized spacial score (nSPS) is 10.8. The van der Waals surface area contributed by atoms with Gasteiger partial charge in [0, 0.05) is 18.0 Å². The summed E-state index contributed by atoms with van der Waals surface area (Å²) in [5, 5.41) is 3.02. The molecule has 0 aliphatic heterocycles. The number of nitrogens with zero attached hydrogens (tertiary/aromatic N) is 4. The number of carbonyl (C=O) groups excluding carboxylic acids is 2. The van der Waals surface area contributed by atoms with E-state index < -0.39 is 5.97 Å². The zero-order valence-electron chi connectivity index (χ0n) is 19.3. The van der Waals surface area contributed by atoms with Gasteiger partial charge in [-0.05, 0) is 43.9 Å². The SMILES string of the molecule is CSc1ncc(C(=O)OCc2csc(N(C(C)=O)c3ccc(C)cc3C)n2)n1-c1ccccc1. The standard InChI is InChI=1S/C25H24N4O3S2/c1-16-10-11-21(17(2)12-16)28(18(3)30)25-27-19(15-34-25)14-32-23(31)22-13-26-24(33-4)29(22)20-8-6-5-7-9-20/h5-13,15H,14H2,1-4H3. The van der Waals surface area contributed by atoms with Crippen LogP contribution < -0.4 is 4.90 Å². The lowest BCUT2D eigenvalue weighted by atomic mass is 10.1. The molecule has 2 heterocycles. The quantitative estimate of drug-likeness (QED) is 0.243. The molecule has 0 fully saturated rings. The van der Waals surface area contributed by atoms with Crippen molar-refractivity contribution in [2.75, 3.05) is 11.2 Å². The second-order valence-electron chi connectivity index (χ2n) is 7.64. The van der Waals surface area contributed by atoms with Gasteiger partial charge in [-0.3, -0.25) is 14.3 Å². The van der Waals surface area contributed by atoms with Crippen LogP contribution in [0.4, 0.5) is 10.8 Å². The summed E-state index contributed by atoms with van der Waals surface area (Å²) in [6.45, 7) is 5.47. The number of anilines is 2. The van der Waals surface area contributed by atoms with Crippen LogP contribution in [0.15, 0.2) is 65.3 Å². The van der Waals surface area contributed by atoms with Gasteiger partial charge in [-0.2, -0.15) is 0 Å². The van der Waals surface area contributed by atoms with E-state index in [4.69, 9.17) is 4.74 Å². The number of para-hydroxylation sites is 1. The second kappa shape index (κ2) is 10.2. The number of esters is 1. The smallest absolute Gasteiger partial charge is 0.357 e. The van der Waals surface area contributed by atoms with Gasteiger partial charge >= 0.3 is 5.97 Å². The van der Waals surface area contributed by atoms with Gasteiger partial charge in [-0.25, -0.2) is 14.8 Å². The van der Waals surface area contributed by atoms with Crippen molar-refractivity contribution in [2.45, 2.75) is 32.5 Å². The van der Waals surface area contributed by atoms with Crippen molar-refractivity contribution in [1.29, 1.82) is 0 Å². The molecule has 0 atom stereocenters. The first-order valence-corrected chi connectivity index (χ1v) is 12.7. The number of aryl methyl sites for hydroxylation is 2. The Labute approximate surface area is 206 Å². The highest BCUT2D eigenvalue weighted by Crippen LogP contribution is 2.32. The van der Waals surface area contributed by atoms with Gasteiger partial charge in [0.05, 0.1) is 17.6 Å². The summed E-state index contributed by atoms with van der Waals surface area (Å²) in [5.74, 6) is -0.634. The van der Waals surface area contributed by atoms with E-state index in [0.29, 0.717) is 21.7 Å². The van der Waals surface area contributed by atoms with Crippen molar-refractivity contribution >= 4 is 45.8 Å². The number of aromatic nitrogens is 3. The topological polar surface area (TPSA) is 77.3 Å². The summed E-state index contributed by atoms with van der Waals surface area (Å²) in [5.41, 5.74) is 4.63. The fraction of sp³-hybridized carbons (Fsp3) is 0.200. The monoisotopic (exact) mass is 492 g/mol. The van der Waals surface area contributed by atoms with Crippen LogP contribution in [-0.4, -0.2) is 32.7 Å². The van der Waals surface area contributed by atoms with Gasteiger partial charge in [0.15, 0.2) is 16.0 Å². The van der Waals surface area contributed by atoms with E-state index in [1.807, 2.05) is 68.6 Å². The summed E-state index contributed by atoms with van der Waals surface area (Å²) in [6, 6.07) is 15.5. The van der Waals surface area contributed by atoms with Gasteiger partial charge < -0.3 is 4.74 Å². The maximum absolute atomic E-state index is 12.9. The molecule has 0 bridgehead atoms. The number of ether oxygens (including phenoxy) is 1. The third-order valence-electron chi connectivity index (χ3n) is 5.13. The molecule has 0 unspecified atom stereocenters. The fourth-order valence-corrected chi connectivity index (χ4v) is 5.00. The lowest BCUT2D eigenvalue weighted by Gasteiger charge is -2.20. The molecule has 0 saturated heterocycles. The Morgan fingerprint density at radius 3 is 2.59 bits per heavy atom. The highest BCUT2D eigenvalue weighted by molar-refractivity contribution is 7.98. The first-order chi connectivity index (χ1) is 16.4. The number of rotatable bonds is 7. The Kier molecular flexibility index (Phi) is 7.14. The number of imidazole rings is 1. The minimum atomic E-state index is -0.496. The summed E-state index contributed by atoms with van der Waals surface area (Å²) >= 11 is 2.78. The average Bonchev–Trinajstić information content (AvgIpc) is 3.46. The zero-order chi connectivity index (χ0) is 24.2. The molecule has 174 valence electrons. The molecule has 34 heavy (non-hydrogen) atoms. The Morgan fingerprint density at radius 2 is 1.91 bits per heavy atom. The summed E-state index contributed by atoms with van der Waals surface area (Å²) in [7, 11) is 0. The van der Waals surface area contributed by atoms with Crippen molar-refractivity contribution in [2.24, 2.45) is 0 Å². The van der Waals surface area contributed by atoms with E-state index in [-0.39, 0.29) is 12.5 Å². The van der Waals surface area contributed by atoms with Crippen LogP contribution in [-0.2, 0) is 16.1 Å².